The number of piperidine rings is 1. The third-order valence-electron chi connectivity index (χ3n) is 4.54. The Hall–Kier alpha value is -2.37. The van der Waals surface area contributed by atoms with Gasteiger partial charge in [0.05, 0.1) is 6.10 Å². The summed E-state index contributed by atoms with van der Waals surface area (Å²) in [5.41, 5.74) is 2.62. The van der Waals surface area contributed by atoms with Crippen LogP contribution < -0.4 is 5.32 Å². The van der Waals surface area contributed by atoms with E-state index in [0.29, 0.717) is 18.7 Å². The van der Waals surface area contributed by atoms with Gasteiger partial charge in [0.2, 0.25) is 0 Å². The largest absolute Gasteiger partial charge is 0.508 e. The van der Waals surface area contributed by atoms with Crippen molar-refractivity contribution in [2.45, 2.75) is 18.9 Å². The van der Waals surface area contributed by atoms with Gasteiger partial charge in [0.15, 0.2) is 0 Å². The summed E-state index contributed by atoms with van der Waals surface area (Å²) in [5, 5.41) is 21.9. The van der Waals surface area contributed by atoms with Crippen LogP contribution in [0.25, 0.3) is 11.1 Å². The Balaban J connectivity index is 1.51. The molecule has 25 heavy (non-hydrogen) atoms. The molecule has 1 unspecified atom stereocenters. The average molecular weight is 340 g/mol. The number of nitrogens with zero attached hydrogens (tertiary/aromatic N) is 1. The molecule has 1 aliphatic heterocycles. The van der Waals surface area contributed by atoms with Gasteiger partial charge in [-0.05, 0) is 54.8 Å². The molecular weight excluding hydrogens is 316 g/mol. The summed E-state index contributed by atoms with van der Waals surface area (Å²) in [6, 6.07) is 14.4. The minimum Gasteiger partial charge on any atom is -0.508 e. The van der Waals surface area contributed by atoms with Gasteiger partial charge in [-0.25, -0.2) is 0 Å². The van der Waals surface area contributed by atoms with Gasteiger partial charge in [-0.2, -0.15) is 0 Å². The summed E-state index contributed by atoms with van der Waals surface area (Å²) in [6.07, 6.45) is 1.64. The van der Waals surface area contributed by atoms with Gasteiger partial charge in [0.25, 0.3) is 5.91 Å². The Bertz CT molecular complexity index is 698. The van der Waals surface area contributed by atoms with Gasteiger partial charge in [-0.15, -0.1) is 0 Å². The number of hydrogen-bond acceptors (Lipinski definition) is 4. The van der Waals surface area contributed by atoms with Crippen molar-refractivity contribution in [1.29, 1.82) is 0 Å². The lowest BCUT2D eigenvalue weighted by molar-refractivity contribution is 0.0703. The van der Waals surface area contributed by atoms with Crippen LogP contribution in [0.1, 0.15) is 23.2 Å². The van der Waals surface area contributed by atoms with Crippen LogP contribution in [0, 0.1) is 0 Å². The number of aliphatic hydroxyl groups excluding tert-OH is 1. The first-order valence-corrected chi connectivity index (χ1v) is 8.70. The quantitative estimate of drug-likeness (QED) is 0.781. The fourth-order valence-corrected chi connectivity index (χ4v) is 3.13. The lowest BCUT2D eigenvalue weighted by atomic mass is 10.0. The van der Waals surface area contributed by atoms with Crippen molar-refractivity contribution in [2.75, 3.05) is 26.2 Å². The number of hydrogen-bond donors (Lipinski definition) is 3. The highest BCUT2D eigenvalue weighted by molar-refractivity contribution is 5.94. The fourth-order valence-electron chi connectivity index (χ4n) is 3.13. The number of aliphatic hydroxyl groups is 1. The van der Waals surface area contributed by atoms with Crippen LogP contribution in [-0.4, -0.2) is 53.3 Å². The Morgan fingerprint density at radius 1 is 1.08 bits per heavy atom. The van der Waals surface area contributed by atoms with E-state index in [2.05, 4.69) is 10.2 Å². The van der Waals surface area contributed by atoms with E-state index < -0.39 is 0 Å². The Kier molecular flexibility index (Phi) is 5.68. The third kappa shape index (κ3) is 4.81. The second-order valence-corrected chi connectivity index (χ2v) is 6.48. The summed E-state index contributed by atoms with van der Waals surface area (Å²) in [6.45, 7) is 3.01. The van der Waals surface area contributed by atoms with Crippen molar-refractivity contribution in [3.8, 4) is 16.9 Å². The molecule has 1 aliphatic rings. The molecule has 1 saturated heterocycles. The standard InChI is InChI=1S/C20H24N2O3/c23-18-9-7-16(8-10-18)15-3-5-17(6-4-15)20(25)21-11-13-22-12-1-2-19(24)14-22/h3-10,19,23-24H,1-2,11-14H2,(H,21,25). The second kappa shape index (κ2) is 8.14. The topological polar surface area (TPSA) is 72.8 Å². The molecular formula is C20H24N2O3. The van der Waals surface area contributed by atoms with E-state index in [1.165, 1.54) is 0 Å². The Morgan fingerprint density at radius 2 is 1.72 bits per heavy atom. The number of rotatable bonds is 5. The first-order chi connectivity index (χ1) is 12.1. The predicted molar refractivity (Wildman–Crippen MR) is 97.6 cm³/mol. The Morgan fingerprint density at radius 3 is 2.36 bits per heavy atom. The smallest absolute Gasteiger partial charge is 0.251 e. The number of phenols is 1. The molecule has 0 radical (unpaired) electrons. The number of carbonyl (C=O) groups is 1. The summed E-state index contributed by atoms with van der Waals surface area (Å²) < 4.78 is 0. The lowest BCUT2D eigenvalue weighted by Gasteiger charge is -2.29. The van der Waals surface area contributed by atoms with Crippen molar-refractivity contribution in [3.05, 3.63) is 54.1 Å². The molecule has 1 heterocycles. The molecule has 0 aromatic heterocycles. The van der Waals surface area contributed by atoms with Crippen LogP contribution in [0.5, 0.6) is 5.75 Å². The van der Waals surface area contributed by atoms with E-state index >= 15 is 0 Å². The number of aromatic hydroxyl groups is 1. The van der Waals surface area contributed by atoms with Crippen molar-refractivity contribution in [1.82, 2.24) is 10.2 Å². The summed E-state index contributed by atoms with van der Waals surface area (Å²) in [5.74, 6) is 0.149. The minimum atomic E-state index is -0.239. The molecule has 1 atom stereocenters. The van der Waals surface area contributed by atoms with E-state index in [1.807, 2.05) is 36.4 Å². The molecule has 2 aromatic rings. The number of phenolic OH excluding ortho intramolecular Hbond substituents is 1. The van der Waals surface area contributed by atoms with E-state index in [0.717, 1.165) is 37.1 Å². The van der Waals surface area contributed by atoms with Crippen LogP contribution in [0.4, 0.5) is 0 Å². The van der Waals surface area contributed by atoms with Crippen molar-refractivity contribution in [3.63, 3.8) is 0 Å². The maximum atomic E-state index is 12.2. The molecule has 132 valence electrons. The SMILES string of the molecule is O=C(NCCN1CCCC(O)C1)c1ccc(-c2ccc(O)cc2)cc1. The molecule has 3 rings (SSSR count). The van der Waals surface area contributed by atoms with Gasteiger partial charge < -0.3 is 15.5 Å². The molecule has 1 amide bonds. The molecule has 0 aliphatic carbocycles. The zero-order valence-electron chi connectivity index (χ0n) is 14.2. The van der Waals surface area contributed by atoms with Crippen LogP contribution in [0.15, 0.2) is 48.5 Å². The van der Waals surface area contributed by atoms with Gasteiger partial charge in [0.1, 0.15) is 5.75 Å². The third-order valence-corrected chi connectivity index (χ3v) is 4.54. The van der Waals surface area contributed by atoms with E-state index in [1.54, 1.807) is 12.1 Å². The molecule has 1 fully saturated rings. The van der Waals surface area contributed by atoms with Crippen LogP contribution in [0.2, 0.25) is 0 Å². The first kappa shape index (κ1) is 17.5. The number of nitrogens with one attached hydrogen (secondary N) is 1. The number of β-amino-alcohol motifs (C(OH)–C–C–N with tert-alkyl or cyclic N) is 1. The predicted octanol–water partition coefficient (Wildman–Crippen LogP) is 2.25. The van der Waals surface area contributed by atoms with E-state index in [9.17, 15) is 15.0 Å². The van der Waals surface area contributed by atoms with Gasteiger partial charge >= 0.3 is 0 Å². The zero-order chi connectivity index (χ0) is 17.6. The molecule has 0 bridgehead atoms. The highest BCUT2D eigenvalue weighted by Crippen LogP contribution is 2.22. The molecule has 0 spiro atoms. The number of benzene rings is 2. The maximum Gasteiger partial charge on any atom is 0.251 e. The highest BCUT2D eigenvalue weighted by atomic mass is 16.3. The highest BCUT2D eigenvalue weighted by Gasteiger charge is 2.17. The summed E-state index contributed by atoms with van der Waals surface area (Å²) >= 11 is 0. The molecule has 5 heteroatoms. The number of amides is 1. The molecule has 5 nitrogen and oxygen atoms in total. The normalized spacial score (nSPS) is 18.0. The van der Waals surface area contributed by atoms with E-state index in [-0.39, 0.29) is 17.8 Å². The minimum absolute atomic E-state index is 0.0881. The van der Waals surface area contributed by atoms with Gasteiger partial charge in [0, 0.05) is 25.2 Å². The Labute approximate surface area is 147 Å². The van der Waals surface area contributed by atoms with Crippen molar-refractivity contribution in [2.24, 2.45) is 0 Å². The van der Waals surface area contributed by atoms with Gasteiger partial charge in [-0.3, -0.25) is 9.69 Å². The maximum absolute atomic E-state index is 12.2. The van der Waals surface area contributed by atoms with Crippen molar-refractivity contribution < 1.29 is 15.0 Å². The van der Waals surface area contributed by atoms with Crippen LogP contribution in [0.3, 0.4) is 0 Å². The lowest BCUT2D eigenvalue weighted by Crippen LogP contribution is -2.42. The first-order valence-electron chi connectivity index (χ1n) is 8.70. The van der Waals surface area contributed by atoms with Gasteiger partial charge in [-0.1, -0.05) is 24.3 Å². The second-order valence-electron chi connectivity index (χ2n) is 6.48. The van der Waals surface area contributed by atoms with E-state index in [4.69, 9.17) is 0 Å². The molecule has 3 N–H and O–H groups in total. The summed E-state index contributed by atoms with van der Waals surface area (Å²) in [4.78, 5) is 14.4. The van der Waals surface area contributed by atoms with Crippen molar-refractivity contribution >= 4 is 5.91 Å². The average Bonchev–Trinajstić information content (AvgIpc) is 2.62. The summed E-state index contributed by atoms with van der Waals surface area (Å²) in [7, 11) is 0. The number of likely N-dealkylation sites (tertiary alicyclic amines) is 1. The fraction of sp³-hybridized carbons (Fsp3) is 0.350. The van der Waals surface area contributed by atoms with Crippen LogP contribution in [-0.2, 0) is 0 Å². The zero-order valence-corrected chi connectivity index (χ0v) is 14.2. The van der Waals surface area contributed by atoms with Crippen LogP contribution >= 0.6 is 0 Å². The molecule has 2 aromatic carbocycles. The number of carbonyl (C=O) groups excluding carboxylic acids is 1. The monoisotopic (exact) mass is 340 g/mol. The molecule has 0 saturated carbocycles.